The summed E-state index contributed by atoms with van der Waals surface area (Å²) < 4.78 is 26.7. The molecule has 0 heterocycles. The molecule has 14 heteroatoms. The zero-order valence-corrected chi connectivity index (χ0v) is 33.3. The minimum atomic E-state index is -0.749. The third kappa shape index (κ3) is 27.6. The Kier molecular flexibility index (Phi) is 17.8. The number of esters is 5. The van der Waals surface area contributed by atoms with Crippen molar-refractivity contribution in [3.63, 3.8) is 0 Å². The van der Waals surface area contributed by atoms with Crippen LogP contribution in [0.2, 0.25) is 0 Å². The normalized spacial score (nSPS) is 13.1. The molecule has 0 amide bonds. The SMILES string of the molecule is CC(C)(C)OC(=O)CN(CCN(CC(=O)OC(C)(C)C)CC(=O)OC(C)(C)C)CCN(CC(=O)OC(C)(C)C)CC(=O)OC(C)(C)I. The van der Waals surface area contributed by atoms with Gasteiger partial charge < -0.3 is 23.7 Å². The van der Waals surface area contributed by atoms with Gasteiger partial charge in [-0.25, -0.2) is 0 Å². The number of alkyl halides is 1. The van der Waals surface area contributed by atoms with E-state index < -0.39 is 55.9 Å². The maximum Gasteiger partial charge on any atom is 0.321 e. The number of ether oxygens (including phenoxy) is 5. The average Bonchev–Trinajstić information content (AvgIpc) is 2.73. The van der Waals surface area contributed by atoms with Crippen LogP contribution in [0.4, 0.5) is 0 Å². The van der Waals surface area contributed by atoms with Crippen molar-refractivity contribution >= 4 is 52.4 Å². The standard InChI is InChI=1S/C33H60IN3O10/c1-29(2,3)43-24(38)19-35(15-17-36(20-25(39)44-30(4,5)6)21-26(40)45-31(7,8)9)16-18-37(22-27(41)46-32(10,11)12)23-28(42)47-33(13,14)34/h15-23H2,1-14H3. The molecule has 0 aliphatic rings. The van der Waals surface area contributed by atoms with Crippen molar-refractivity contribution in [3.05, 3.63) is 0 Å². The molecule has 0 rings (SSSR count). The van der Waals surface area contributed by atoms with Gasteiger partial charge >= 0.3 is 29.8 Å². The molecule has 0 N–H and O–H groups in total. The molecule has 0 saturated heterocycles. The Hall–Kier alpha value is -2.04. The molecule has 0 aliphatic carbocycles. The lowest BCUT2D eigenvalue weighted by atomic mass is 10.2. The van der Waals surface area contributed by atoms with E-state index in [1.54, 1.807) is 112 Å². The highest BCUT2D eigenvalue weighted by Gasteiger charge is 2.27. The van der Waals surface area contributed by atoms with Gasteiger partial charge in [-0.3, -0.25) is 38.7 Å². The number of carbonyl (C=O) groups excluding carboxylic acids is 5. The van der Waals surface area contributed by atoms with E-state index in [2.05, 4.69) is 0 Å². The molecular weight excluding hydrogens is 725 g/mol. The maximum absolute atomic E-state index is 12.9. The summed E-state index contributed by atoms with van der Waals surface area (Å²) in [6, 6.07) is 0. The van der Waals surface area contributed by atoms with E-state index in [1.807, 2.05) is 22.6 Å². The molecule has 0 fully saturated rings. The fourth-order valence-electron chi connectivity index (χ4n) is 3.97. The van der Waals surface area contributed by atoms with Crippen LogP contribution in [0.25, 0.3) is 0 Å². The zero-order valence-electron chi connectivity index (χ0n) is 31.2. The predicted octanol–water partition coefficient (Wildman–Crippen LogP) is 3.97. The first-order valence-electron chi connectivity index (χ1n) is 15.9. The van der Waals surface area contributed by atoms with Gasteiger partial charge in [0.2, 0.25) is 0 Å². The van der Waals surface area contributed by atoms with E-state index in [4.69, 9.17) is 23.7 Å². The van der Waals surface area contributed by atoms with Gasteiger partial charge in [-0.1, -0.05) is 0 Å². The van der Waals surface area contributed by atoms with Crippen molar-refractivity contribution in [2.45, 2.75) is 123 Å². The largest absolute Gasteiger partial charge is 0.459 e. The third-order valence-corrected chi connectivity index (χ3v) is 5.49. The fraction of sp³-hybridized carbons (Fsp3) is 0.848. The number of halogens is 1. The van der Waals surface area contributed by atoms with Crippen molar-refractivity contribution in [1.29, 1.82) is 0 Å². The predicted molar refractivity (Wildman–Crippen MR) is 187 cm³/mol. The topological polar surface area (TPSA) is 141 Å². The molecule has 13 nitrogen and oxygen atoms in total. The van der Waals surface area contributed by atoms with Crippen LogP contribution in [-0.2, 0) is 47.7 Å². The van der Waals surface area contributed by atoms with Crippen molar-refractivity contribution in [2.24, 2.45) is 0 Å². The lowest BCUT2D eigenvalue weighted by molar-refractivity contribution is -0.161. The number of hydrogen-bond acceptors (Lipinski definition) is 13. The van der Waals surface area contributed by atoms with Crippen LogP contribution in [0, 0.1) is 0 Å². The Balaban J connectivity index is 6.08. The molecule has 0 saturated carbocycles. The molecule has 0 aromatic heterocycles. The second-order valence-corrected chi connectivity index (χ2v) is 18.5. The summed E-state index contributed by atoms with van der Waals surface area (Å²) in [5, 5.41) is 0. The lowest BCUT2D eigenvalue weighted by Crippen LogP contribution is -2.47. The van der Waals surface area contributed by atoms with E-state index in [-0.39, 0.29) is 58.9 Å². The van der Waals surface area contributed by atoms with Crippen LogP contribution in [0.15, 0.2) is 0 Å². The summed E-state index contributed by atoms with van der Waals surface area (Å²) in [5.74, 6) is -2.54. The number of nitrogens with zero attached hydrogens (tertiary/aromatic N) is 3. The highest BCUT2D eigenvalue weighted by atomic mass is 127. The monoisotopic (exact) mass is 785 g/mol. The number of hydrogen-bond donors (Lipinski definition) is 0. The lowest BCUT2D eigenvalue weighted by Gasteiger charge is -2.31. The van der Waals surface area contributed by atoms with Crippen molar-refractivity contribution < 1.29 is 47.7 Å². The second-order valence-electron chi connectivity index (χ2n) is 15.9. The van der Waals surface area contributed by atoms with Crippen LogP contribution in [0.1, 0.15) is 96.9 Å². The maximum atomic E-state index is 12.9. The van der Waals surface area contributed by atoms with Gasteiger partial charge in [0.05, 0.1) is 32.7 Å². The summed E-state index contributed by atoms with van der Waals surface area (Å²) in [5.41, 5.74) is -2.88. The molecule has 0 spiro atoms. The molecule has 0 atom stereocenters. The van der Waals surface area contributed by atoms with Crippen LogP contribution >= 0.6 is 22.6 Å². The van der Waals surface area contributed by atoms with E-state index in [0.717, 1.165) is 0 Å². The van der Waals surface area contributed by atoms with Crippen LogP contribution < -0.4 is 0 Å². The first-order valence-corrected chi connectivity index (χ1v) is 16.9. The van der Waals surface area contributed by atoms with Crippen LogP contribution in [0.5, 0.6) is 0 Å². The molecule has 0 aromatic carbocycles. The van der Waals surface area contributed by atoms with Crippen molar-refractivity contribution in [1.82, 2.24) is 14.7 Å². The molecule has 0 aliphatic heterocycles. The fourth-order valence-corrected chi connectivity index (χ4v) is 4.22. The first-order chi connectivity index (χ1) is 20.9. The molecular formula is C33H60IN3O10. The summed E-state index contributed by atoms with van der Waals surface area (Å²) >= 11 is 2.00. The molecule has 274 valence electrons. The van der Waals surface area contributed by atoms with Gasteiger partial charge in [-0.2, -0.15) is 0 Å². The van der Waals surface area contributed by atoms with Gasteiger partial charge in [-0.05, 0) is 120 Å². The van der Waals surface area contributed by atoms with Crippen molar-refractivity contribution in [3.8, 4) is 0 Å². The summed E-state index contributed by atoms with van der Waals surface area (Å²) in [6.45, 7) is 24.6. The molecule has 0 bridgehead atoms. The smallest absolute Gasteiger partial charge is 0.321 e. The average molecular weight is 786 g/mol. The number of carbonyl (C=O) groups is 5. The zero-order chi connectivity index (χ0) is 37.0. The van der Waals surface area contributed by atoms with E-state index in [9.17, 15) is 24.0 Å². The second kappa shape index (κ2) is 18.6. The summed E-state index contributed by atoms with van der Waals surface area (Å²) in [4.78, 5) is 68.8. The minimum absolute atomic E-state index is 0.116. The Bertz CT molecular complexity index is 919. The Labute approximate surface area is 295 Å². The summed E-state index contributed by atoms with van der Waals surface area (Å²) in [7, 11) is 0. The highest BCUT2D eigenvalue weighted by molar-refractivity contribution is 14.1. The van der Waals surface area contributed by atoms with Crippen LogP contribution in [0.3, 0.4) is 0 Å². The highest BCUT2D eigenvalue weighted by Crippen LogP contribution is 2.18. The Morgan fingerprint density at radius 2 is 0.574 bits per heavy atom. The van der Waals surface area contributed by atoms with E-state index >= 15 is 0 Å². The van der Waals surface area contributed by atoms with Gasteiger partial charge in [0, 0.05) is 26.2 Å². The Morgan fingerprint density at radius 3 is 0.787 bits per heavy atom. The van der Waals surface area contributed by atoms with Gasteiger partial charge in [-0.15, -0.1) is 0 Å². The van der Waals surface area contributed by atoms with E-state index in [0.29, 0.717) is 0 Å². The minimum Gasteiger partial charge on any atom is -0.459 e. The molecule has 0 unspecified atom stereocenters. The Morgan fingerprint density at radius 1 is 0.383 bits per heavy atom. The summed E-state index contributed by atoms with van der Waals surface area (Å²) in [6.07, 6.45) is 0. The molecule has 47 heavy (non-hydrogen) atoms. The molecule has 0 radical (unpaired) electrons. The quantitative estimate of drug-likeness (QED) is 0.0910. The van der Waals surface area contributed by atoms with E-state index in [1.165, 1.54) is 0 Å². The number of rotatable bonds is 17. The van der Waals surface area contributed by atoms with Crippen molar-refractivity contribution in [2.75, 3.05) is 58.9 Å². The molecule has 0 aromatic rings. The third-order valence-electron chi connectivity index (χ3n) is 5.27. The first kappa shape index (κ1) is 45.0. The van der Waals surface area contributed by atoms with Gasteiger partial charge in [0.1, 0.15) is 22.4 Å². The van der Waals surface area contributed by atoms with Crippen LogP contribution in [-0.4, -0.2) is 129 Å². The van der Waals surface area contributed by atoms with Gasteiger partial charge in [0.15, 0.2) is 3.61 Å². The van der Waals surface area contributed by atoms with Gasteiger partial charge in [0.25, 0.3) is 0 Å².